The number of carbonyl (C=O) groups is 1. The van der Waals surface area contributed by atoms with Crippen molar-refractivity contribution in [3.05, 3.63) is 44.8 Å². The summed E-state index contributed by atoms with van der Waals surface area (Å²) in [7, 11) is -3.63. The molecule has 1 aliphatic rings. The second kappa shape index (κ2) is 7.65. The van der Waals surface area contributed by atoms with E-state index in [1.54, 1.807) is 18.7 Å². The van der Waals surface area contributed by atoms with Crippen molar-refractivity contribution in [3.8, 4) is 0 Å². The maximum absolute atomic E-state index is 13.0. The number of amides is 1. The number of aromatic amines is 1. The van der Waals surface area contributed by atoms with Crippen LogP contribution in [0.2, 0.25) is 0 Å². The fourth-order valence-corrected chi connectivity index (χ4v) is 5.61. The highest BCUT2D eigenvalue weighted by molar-refractivity contribution is 14.1. The van der Waals surface area contributed by atoms with Gasteiger partial charge in [0.15, 0.2) is 0 Å². The minimum absolute atomic E-state index is 0.0510. The maximum atomic E-state index is 13.0. The number of hydrogen-bond donors (Lipinski definition) is 1. The monoisotopic (exact) mass is 488 g/mol. The van der Waals surface area contributed by atoms with E-state index in [2.05, 4.69) is 32.8 Å². The van der Waals surface area contributed by atoms with E-state index in [0.717, 1.165) is 3.57 Å². The van der Waals surface area contributed by atoms with Crippen molar-refractivity contribution >= 4 is 38.5 Å². The maximum Gasteiger partial charge on any atom is 0.254 e. The van der Waals surface area contributed by atoms with Crippen LogP contribution in [0, 0.1) is 17.4 Å². The number of benzene rings is 1. The van der Waals surface area contributed by atoms with Crippen molar-refractivity contribution in [1.82, 2.24) is 19.4 Å². The van der Waals surface area contributed by atoms with Crippen LogP contribution in [-0.2, 0) is 10.0 Å². The Kier molecular flexibility index (Phi) is 5.68. The third-order valence-corrected chi connectivity index (χ3v) is 7.61. The SMILES string of the molecule is Cc1n[nH]c(C)c1S(=O)(=O)N1CCCN(C(=O)c2ccccc2I)CC1. The number of sulfonamides is 1. The molecule has 1 aromatic carbocycles. The number of nitrogens with one attached hydrogen (secondary N) is 1. The van der Waals surface area contributed by atoms with Crippen molar-refractivity contribution in [3.63, 3.8) is 0 Å². The molecule has 0 atom stereocenters. The largest absolute Gasteiger partial charge is 0.337 e. The van der Waals surface area contributed by atoms with Crippen LogP contribution in [0.15, 0.2) is 29.2 Å². The van der Waals surface area contributed by atoms with Gasteiger partial charge in [-0.2, -0.15) is 9.40 Å². The van der Waals surface area contributed by atoms with Gasteiger partial charge in [0.05, 0.1) is 17.0 Å². The van der Waals surface area contributed by atoms with Crippen LogP contribution in [0.25, 0.3) is 0 Å². The van der Waals surface area contributed by atoms with Gasteiger partial charge in [-0.1, -0.05) is 12.1 Å². The molecule has 1 fully saturated rings. The van der Waals surface area contributed by atoms with Gasteiger partial charge in [-0.05, 0) is 55.0 Å². The molecule has 140 valence electrons. The summed E-state index contributed by atoms with van der Waals surface area (Å²) in [6.45, 7) is 4.97. The number of aryl methyl sites for hydroxylation is 2. The lowest BCUT2D eigenvalue weighted by atomic mass is 10.2. The van der Waals surface area contributed by atoms with E-state index in [1.807, 2.05) is 24.3 Å². The van der Waals surface area contributed by atoms with Gasteiger partial charge < -0.3 is 4.90 Å². The Morgan fingerprint density at radius 1 is 1.15 bits per heavy atom. The van der Waals surface area contributed by atoms with Gasteiger partial charge in [0.25, 0.3) is 5.91 Å². The molecule has 9 heteroatoms. The highest BCUT2D eigenvalue weighted by Gasteiger charge is 2.32. The lowest BCUT2D eigenvalue weighted by Gasteiger charge is -2.22. The second-order valence-corrected chi connectivity index (χ2v) is 9.33. The first-order valence-electron chi connectivity index (χ1n) is 8.38. The van der Waals surface area contributed by atoms with Crippen LogP contribution in [0.5, 0.6) is 0 Å². The average Bonchev–Trinajstić information content (AvgIpc) is 2.81. The molecule has 3 rings (SSSR count). The van der Waals surface area contributed by atoms with Gasteiger partial charge in [0, 0.05) is 29.7 Å². The molecule has 1 N–H and O–H groups in total. The summed E-state index contributed by atoms with van der Waals surface area (Å²) >= 11 is 2.15. The topological polar surface area (TPSA) is 86.4 Å². The van der Waals surface area contributed by atoms with Crippen molar-refractivity contribution in [2.45, 2.75) is 25.2 Å². The van der Waals surface area contributed by atoms with E-state index >= 15 is 0 Å². The molecule has 0 spiro atoms. The molecule has 0 bridgehead atoms. The third kappa shape index (κ3) is 3.65. The molecule has 2 heterocycles. The number of nitrogens with zero attached hydrogens (tertiary/aromatic N) is 3. The molecule has 0 saturated carbocycles. The Morgan fingerprint density at radius 2 is 1.88 bits per heavy atom. The minimum atomic E-state index is -3.63. The van der Waals surface area contributed by atoms with Crippen LogP contribution < -0.4 is 0 Å². The van der Waals surface area contributed by atoms with Crippen molar-refractivity contribution in [1.29, 1.82) is 0 Å². The van der Waals surface area contributed by atoms with E-state index in [-0.39, 0.29) is 17.3 Å². The lowest BCUT2D eigenvalue weighted by molar-refractivity contribution is 0.0763. The Hall–Kier alpha value is -1.46. The van der Waals surface area contributed by atoms with E-state index in [1.165, 1.54) is 4.31 Å². The van der Waals surface area contributed by atoms with E-state index in [0.29, 0.717) is 43.0 Å². The Morgan fingerprint density at radius 3 is 2.54 bits per heavy atom. The molecule has 1 amide bonds. The summed E-state index contributed by atoms with van der Waals surface area (Å²) in [5.74, 6) is -0.0510. The molecular weight excluding hydrogens is 467 g/mol. The summed E-state index contributed by atoms with van der Waals surface area (Å²) in [6.07, 6.45) is 0.602. The van der Waals surface area contributed by atoms with Crippen LogP contribution in [0.4, 0.5) is 0 Å². The van der Waals surface area contributed by atoms with Crippen molar-refractivity contribution < 1.29 is 13.2 Å². The zero-order chi connectivity index (χ0) is 18.9. The van der Waals surface area contributed by atoms with Crippen LogP contribution in [0.1, 0.15) is 28.2 Å². The number of halogens is 1. The van der Waals surface area contributed by atoms with Crippen LogP contribution in [0.3, 0.4) is 0 Å². The first kappa shape index (κ1) is 19.3. The Bertz CT molecular complexity index is 906. The Labute approximate surface area is 167 Å². The average molecular weight is 488 g/mol. The second-order valence-electron chi connectivity index (χ2n) is 6.29. The summed E-state index contributed by atoms with van der Waals surface area (Å²) < 4.78 is 28.4. The number of aromatic nitrogens is 2. The minimum Gasteiger partial charge on any atom is -0.337 e. The quantitative estimate of drug-likeness (QED) is 0.672. The first-order valence-corrected chi connectivity index (χ1v) is 10.9. The molecule has 2 aromatic rings. The standard InChI is InChI=1S/C17H21IN4O3S/c1-12-16(13(2)20-19-12)26(24,25)22-9-5-8-21(10-11-22)17(23)14-6-3-4-7-15(14)18/h3-4,6-7H,5,8-11H2,1-2H3,(H,19,20). The Balaban J connectivity index is 1.79. The molecular formula is C17H21IN4O3S. The van der Waals surface area contributed by atoms with E-state index in [4.69, 9.17) is 0 Å². The van der Waals surface area contributed by atoms with Crippen molar-refractivity contribution in [2.75, 3.05) is 26.2 Å². The third-order valence-electron chi connectivity index (χ3n) is 4.50. The zero-order valence-electron chi connectivity index (χ0n) is 14.7. The van der Waals surface area contributed by atoms with Crippen molar-refractivity contribution in [2.24, 2.45) is 0 Å². The van der Waals surface area contributed by atoms with Gasteiger partial charge in [0.1, 0.15) is 4.90 Å². The smallest absolute Gasteiger partial charge is 0.254 e. The molecule has 1 aliphatic heterocycles. The normalized spacial score (nSPS) is 16.5. The molecule has 0 aliphatic carbocycles. The summed E-state index contributed by atoms with van der Waals surface area (Å²) in [5, 5.41) is 6.73. The molecule has 1 saturated heterocycles. The van der Waals surface area contributed by atoms with Gasteiger partial charge in [-0.3, -0.25) is 9.89 Å². The number of rotatable bonds is 3. The van der Waals surface area contributed by atoms with Gasteiger partial charge in [0.2, 0.25) is 10.0 Å². The molecule has 0 unspecified atom stereocenters. The molecule has 7 nitrogen and oxygen atoms in total. The predicted molar refractivity (Wildman–Crippen MR) is 107 cm³/mol. The predicted octanol–water partition coefficient (Wildman–Crippen LogP) is 2.17. The van der Waals surface area contributed by atoms with E-state index in [9.17, 15) is 13.2 Å². The number of hydrogen-bond acceptors (Lipinski definition) is 4. The summed E-state index contributed by atoms with van der Waals surface area (Å²) in [4.78, 5) is 14.8. The summed E-state index contributed by atoms with van der Waals surface area (Å²) in [6, 6.07) is 7.44. The van der Waals surface area contributed by atoms with Gasteiger partial charge in [-0.25, -0.2) is 8.42 Å². The summed E-state index contributed by atoms with van der Waals surface area (Å²) in [5.41, 5.74) is 1.67. The molecule has 1 aromatic heterocycles. The van der Waals surface area contributed by atoms with Crippen LogP contribution >= 0.6 is 22.6 Å². The number of carbonyl (C=O) groups excluding carboxylic acids is 1. The first-order chi connectivity index (χ1) is 12.3. The molecule has 0 radical (unpaired) electrons. The fourth-order valence-electron chi connectivity index (χ4n) is 3.19. The van der Waals surface area contributed by atoms with E-state index < -0.39 is 10.0 Å². The molecule has 26 heavy (non-hydrogen) atoms. The zero-order valence-corrected chi connectivity index (χ0v) is 17.7. The number of H-pyrrole nitrogens is 1. The van der Waals surface area contributed by atoms with Gasteiger partial charge >= 0.3 is 0 Å². The van der Waals surface area contributed by atoms with Crippen LogP contribution in [-0.4, -0.2) is 59.9 Å². The van der Waals surface area contributed by atoms with Gasteiger partial charge in [-0.15, -0.1) is 0 Å². The fraction of sp³-hybridized carbons (Fsp3) is 0.412. The highest BCUT2D eigenvalue weighted by Crippen LogP contribution is 2.23. The lowest BCUT2D eigenvalue weighted by Crippen LogP contribution is -2.37. The highest BCUT2D eigenvalue weighted by atomic mass is 127.